The van der Waals surface area contributed by atoms with Crippen molar-refractivity contribution in [2.45, 2.75) is 94.1 Å². The van der Waals surface area contributed by atoms with E-state index in [0.29, 0.717) is 0 Å². The van der Waals surface area contributed by atoms with Gasteiger partial charge in [0.25, 0.3) is 0 Å². The monoisotopic (exact) mass is 518 g/mol. The van der Waals surface area contributed by atoms with Crippen LogP contribution in [-0.2, 0) is 5.41 Å². The number of alkyl halides is 2. The van der Waals surface area contributed by atoms with Gasteiger partial charge in [-0.15, -0.1) is 0 Å². The number of hydrogen-bond donors (Lipinski definition) is 0. The maximum atomic E-state index is 3.74. The predicted octanol–water partition coefficient (Wildman–Crippen LogP) is 9.99. The highest BCUT2D eigenvalue weighted by Crippen LogP contribution is 2.55. The quantitative estimate of drug-likeness (QED) is 0.204. The summed E-state index contributed by atoms with van der Waals surface area (Å²) < 4.78 is 0.212. The third kappa shape index (κ3) is 5.01. The Morgan fingerprint density at radius 2 is 1.28 bits per heavy atom. The Morgan fingerprint density at radius 3 is 1.83 bits per heavy atom. The SMILES string of the molecule is CCCCCCC1(CCCCCC)c2cc(C)ccc2-c2ccc(C(Br)Br)cc21. The van der Waals surface area contributed by atoms with Gasteiger partial charge in [0, 0.05) is 5.41 Å². The van der Waals surface area contributed by atoms with Gasteiger partial charge in [-0.2, -0.15) is 0 Å². The Hall–Kier alpha value is -0.600. The molecule has 0 spiro atoms. The summed E-state index contributed by atoms with van der Waals surface area (Å²) in [5.41, 5.74) is 9.02. The molecule has 0 heterocycles. The molecular formula is C27H36Br2. The fourth-order valence-electron chi connectivity index (χ4n) is 5.13. The standard InChI is InChI=1S/C27H36Br2/c1-4-6-8-10-16-27(17-11-9-7-5-2)24-18-20(3)12-14-22(24)23-15-13-21(26(28)29)19-25(23)27/h12-15,18-19,26H,4-11,16-17H2,1-3H3. The molecular weight excluding hydrogens is 484 g/mol. The van der Waals surface area contributed by atoms with E-state index in [9.17, 15) is 0 Å². The molecule has 0 saturated heterocycles. The van der Waals surface area contributed by atoms with Gasteiger partial charge in [0.15, 0.2) is 0 Å². The second-order valence-electron chi connectivity index (χ2n) is 8.86. The number of aryl methyl sites for hydroxylation is 1. The predicted molar refractivity (Wildman–Crippen MR) is 136 cm³/mol. The fourth-order valence-corrected chi connectivity index (χ4v) is 5.70. The van der Waals surface area contributed by atoms with Crippen molar-refractivity contribution in [2.75, 3.05) is 0 Å². The largest absolute Gasteiger partial charge is 0.0946 e. The Morgan fingerprint density at radius 1 is 0.724 bits per heavy atom. The zero-order chi connectivity index (χ0) is 20.9. The second kappa shape index (κ2) is 10.6. The topological polar surface area (TPSA) is 0 Å². The van der Waals surface area contributed by atoms with Gasteiger partial charge in [0.1, 0.15) is 0 Å². The first kappa shape index (κ1) is 23.1. The average Bonchev–Trinajstić information content (AvgIpc) is 2.97. The number of unbranched alkanes of at least 4 members (excludes halogenated alkanes) is 6. The van der Waals surface area contributed by atoms with Gasteiger partial charge in [-0.25, -0.2) is 0 Å². The molecule has 0 N–H and O–H groups in total. The van der Waals surface area contributed by atoms with E-state index in [1.807, 2.05) is 0 Å². The summed E-state index contributed by atoms with van der Waals surface area (Å²) in [7, 11) is 0. The lowest BCUT2D eigenvalue weighted by atomic mass is 9.70. The van der Waals surface area contributed by atoms with E-state index >= 15 is 0 Å². The molecule has 0 unspecified atom stereocenters. The average molecular weight is 520 g/mol. The lowest BCUT2D eigenvalue weighted by Crippen LogP contribution is -2.26. The Bertz CT molecular complexity index is 794. The highest BCUT2D eigenvalue weighted by molar-refractivity contribution is 9.24. The third-order valence-corrected chi connectivity index (χ3v) is 7.76. The summed E-state index contributed by atoms with van der Waals surface area (Å²) in [6, 6.07) is 14.3. The second-order valence-corrected chi connectivity index (χ2v) is 11.9. The van der Waals surface area contributed by atoms with Crippen LogP contribution in [-0.4, -0.2) is 0 Å². The van der Waals surface area contributed by atoms with Gasteiger partial charge in [-0.1, -0.05) is 139 Å². The Balaban J connectivity index is 2.07. The van der Waals surface area contributed by atoms with Gasteiger partial charge < -0.3 is 0 Å². The molecule has 3 rings (SSSR count). The summed E-state index contributed by atoms with van der Waals surface area (Å²) >= 11 is 7.48. The summed E-state index contributed by atoms with van der Waals surface area (Å²) in [4.78, 5) is 0. The highest BCUT2D eigenvalue weighted by Gasteiger charge is 2.42. The maximum absolute atomic E-state index is 3.74. The van der Waals surface area contributed by atoms with Crippen molar-refractivity contribution in [2.24, 2.45) is 0 Å². The molecule has 0 radical (unpaired) electrons. The normalized spacial score (nSPS) is 14.3. The molecule has 0 nitrogen and oxygen atoms in total. The molecule has 2 heteroatoms. The number of fused-ring (bicyclic) bond motifs is 3. The first-order valence-corrected chi connectivity index (χ1v) is 13.4. The van der Waals surface area contributed by atoms with Crippen LogP contribution in [0.5, 0.6) is 0 Å². The van der Waals surface area contributed by atoms with Crippen LogP contribution in [0.3, 0.4) is 0 Å². The minimum Gasteiger partial charge on any atom is -0.0712 e. The fraction of sp³-hybridized carbons (Fsp3) is 0.556. The Kier molecular flexibility index (Phi) is 8.45. The van der Waals surface area contributed by atoms with Crippen molar-refractivity contribution in [3.8, 4) is 11.1 Å². The number of benzene rings is 2. The van der Waals surface area contributed by atoms with Crippen molar-refractivity contribution in [3.05, 3.63) is 58.7 Å². The molecule has 1 aliphatic rings. The van der Waals surface area contributed by atoms with Gasteiger partial charge >= 0.3 is 0 Å². The first-order valence-electron chi connectivity index (χ1n) is 11.6. The summed E-state index contributed by atoms with van der Waals surface area (Å²) in [6.07, 6.45) is 13.2. The minimum atomic E-state index is 0.184. The van der Waals surface area contributed by atoms with Crippen LogP contribution in [0.4, 0.5) is 0 Å². The molecule has 0 bridgehead atoms. The molecule has 29 heavy (non-hydrogen) atoms. The van der Waals surface area contributed by atoms with Crippen molar-refractivity contribution < 1.29 is 0 Å². The van der Waals surface area contributed by atoms with Gasteiger partial charge in [0.2, 0.25) is 0 Å². The van der Waals surface area contributed by atoms with Gasteiger partial charge in [-0.3, -0.25) is 0 Å². The molecule has 0 fully saturated rings. The first-order chi connectivity index (χ1) is 14.0. The summed E-state index contributed by atoms with van der Waals surface area (Å²) in [6.45, 7) is 6.87. The molecule has 0 aliphatic heterocycles. The van der Waals surface area contributed by atoms with Crippen LogP contribution >= 0.6 is 31.9 Å². The number of hydrogen-bond acceptors (Lipinski definition) is 0. The smallest absolute Gasteiger partial charge is 0.0712 e. The summed E-state index contributed by atoms with van der Waals surface area (Å²) in [5, 5.41) is 0. The van der Waals surface area contributed by atoms with E-state index in [1.165, 1.54) is 86.5 Å². The zero-order valence-corrected chi connectivity index (χ0v) is 21.5. The molecule has 0 amide bonds. The van der Waals surface area contributed by atoms with Gasteiger partial charge in [-0.05, 0) is 47.6 Å². The molecule has 2 aromatic carbocycles. The van der Waals surface area contributed by atoms with Crippen LogP contribution < -0.4 is 0 Å². The molecule has 2 aromatic rings. The van der Waals surface area contributed by atoms with Crippen LogP contribution in [0.25, 0.3) is 11.1 Å². The van der Waals surface area contributed by atoms with E-state index in [0.717, 1.165) is 0 Å². The number of halogens is 2. The van der Waals surface area contributed by atoms with E-state index in [-0.39, 0.29) is 9.15 Å². The third-order valence-electron chi connectivity index (χ3n) is 6.71. The molecule has 158 valence electrons. The van der Waals surface area contributed by atoms with Crippen LogP contribution in [0.1, 0.15) is 104 Å². The lowest BCUT2D eigenvalue weighted by Gasteiger charge is -2.33. The van der Waals surface area contributed by atoms with E-state index in [4.69, 9.17) is 0 Å². The van der Waals surface area contributed by atoms with E-state index in [1.54, 1.807) is 11.1 Å². The van der Waals surface area contributed by atoms with Crippen molar-refractivity contribution in [1.82, 2.24) is 0 Å². The minimum absolute atomic E-state index is 0.184. The van der Waals surface area contributed by atoms with Crippen molar-refractivity contribution in [1.29, 1.82) is 0 Å². The van der Waals surface area contributed by atoms with Crippen molar-refractivity contribution >= 4 is 31.9 Å². The van der Waals surface area contributed by atoms with Crippen LogP contribution in [0.2, 0.25) is 0 Å². The van der Waals surface area contributed by atoms with Gasteiger partial charge in [0.05, 0.1) is 3.74 Å². The highest BCUT2D eigenvalue weighted by atomic mass is 79.9. The molecule has 1 aliphatic carbocycles. The number of rotatable bonds is 11. The lowest BCUT2D eigenvalue weighted by molar-refractivity contribution is 0.400. The molecule has 0 saturated carbocycles. The van der Waals surface area contributed by atoms with E-state index in [2.05, 4.69) is 89.0 Å². The van der Waals surface area contributed by atoms with E-state index < -0.39 is 0 Å². The van der Waals surface area contributed by atoms with Crippen molar-refractivity contribution in [3.63, 3.8) is 0 Å². The molecule has 0 aromatic heterocycles. The molecule has 0 atom stereocenters. The zero-order valence-electron chi connectivity index (χ0n) is 18.4. The van der Waals surface area contributed by atoms with Crippen LogP contribution in [0.15, 0.2) is 36.4 Å². The Labute approximate surface area is 195 Å². The summed E-state index contributed by atoms with van der Waals surface area (Å²) in [5.74, 6) is 0. The van der Waals surface area contributed by atoms with Crippen LogP contribution in [0, 0.1) is 6.92 Å². The maximum Gasteiger partial charge on any atom is 0.0946 e.